The zero-order valence-electron chi connectivity index (χ0n) is 16.7. The minimum atomic E-state index is -0.353. The number of anilines is 1. The van der Waals surface area contributed by atoms with Crippen molar-refractivity contribution < 1.29 is 5.11 Å². The summed E-state index contributed by atoms with van der Waals surface area (Å²) in [7, 11) is 0. The van der Waals surface area contributed by atoms with Gasteiger partial charge in [0.15, 0.2) is 5.65 Å². The molecule has 4 aromatic rings. The number of nitrogens with one attached hydrogen (secondary N) is 1. The number of hydrogen-bond donors (Lipinski definition) is 2. The Morgan fingerprint density at radius 2 is 2.03 bits per heavy atom. The Morgan fingerprint density at radius 3 is 2.74 bits per heavy atom. The Hall–Kier alpha value is -3.47. The summed E-state index contributed by atoms with van der Waals surface area (Å²) < 4.78 is 1.72. The van der Waals surface area contributed by atoms with E-state index < -0.39 is 0 Å². The summed E-state index contributed by atoms with van der Waals surface area (Å²) in [4.78, 5) is 9.08. The maximum atomic E-state index is 9.92. The second kappa shape index (κ2) is 7.65. The van der Waals surface area contributed by atoms with E-state index in [1.807, 2.05) is 43.5 Å². The van der Waals surface area contributed by atoms with E-state index in [1.165, 1.54) is 0 Å². The van der Waals surface area contributed by atoms with Crippen molar-refractivity contribution in [2.45, 2.75) is 31.9 Å². The van der Waals surface area contributed by atoms with Crippen molar-refractivity contribution in [3.05, 3.63) is 65.1 Å². The smallest absolute Gasteiger partial charge is 0.165 e. The molecular weight excluding hydrogens is 412 g/mol. The summed E-state index contributed by atoms with van der Waals surface area (Å²) >= 11 is 6.26. The van der Waals surface area contributed by atoms with Crippen molar-refractivity contribution in [3.8, 4) is 28.5 Å². The van der Waals surface area contributed by atoms with Gasteiger partial charge in [0.1, 0.15) is 16.7 Å². The lowest BCUT2D eigenvalue weighted by atomic mass is 9.89. The van der Waals surface area contributed by atoms with Gasteiger partial charge in [-0.1, -0.05) is 23.7 Å². The molecule has 31 heavy (non-hydrogen) atoms. The highest BCUT2D eigenvalue weighted by molar-refractivity contribution is 6.29. The third kappa shape index (κ3) is 3.61. The lowest BCUT2D eigenvalue weighted by Crippen LogP contribution is -2.42. The van der Waals surface area contributed by atoms with Crippen LogP contribution in [-0.2, 0) is 0 Å². The van der Waals surface area contributed by atoms with Crippen LogP contribution < -0.4 is 5.32 Å². The van der Waals surface area contributed by atoms with Gasteiger partial charge in [0.25, 0.3) is 0 Å². The highest BCUT2D eigenvalue weighted by Crippen LogP contribution is 2.36. The van der Waals surface area contributed by atoms with E-state index in [1.54, 1.807) is 16.6 Å². The number of aromatic nitrogens is 4. The molecule has 1 saturated carbocycles. The molecule has 5 rings (SSSR count). The van der Waals surface area contributed by atoms with Gasteiger partial charge >= 0.3 is 0 Å². The lowest BCUT2D eigenvalue weighted by molar-refractivity contribution is 0.0784. The molecule has 1 fully saturated rings. The summed E-state index contributed by atoms with van der Waals surface area (Å²) in [6.07, 6.45) is 3.19. The molecule has 7 nitrogen and oxygen atoms in total. The van der Waals surface area contributed by atoms with E-state index >= 15 is 0 Å². The Morgan fingerprint density at radius 1 is 1.16 bits per heavy atom. The van der Waals surface area contributed by atoms with E-state index in [-0.39, 0.29) is 12.1 Å². The van der Waals surface area contributed by atoms with Gasteiger partial charge in [-0.15, -0.1) is 0 Å². The number of fused-ring (bicyclic) bond motifs is 1. The van der Waals surface area contributed by atoms with Crippen LogP contribution in [0.25, 0.3) is 28.0 Å². The van der Waals surface area contributed by atoms with Gasteiger partial charge in [0.05, 0.1) is 29.3 Å². The van der Waals surface area contributed by atoms with Crippen molar-refractivity contribution in [3.63, 3.8) is 0 Å². The van der Waals surface area contributed by atoms with Crippen LogP contribution in [0.3, 0.4) is 0 Å². The van der Waals surface area contributed by atoms with Crippen LogP contribution in [0.4, 0.5) is 5.82 Å². The first-order valence-electron chi connectivity index (χ1n) is 10.0. The zero-order valence-corrected chi connectivity index (χ0v) is 17.5. The highest BCUT2D eigenvalue weighted by Gasteiger charge is 2.29. The maximum absolute atomic E-state index is 9.92. The predicted molar refractivity (Wildman–Crippen MR) is 119 cm³/mol. The van der Waals surface area contributed by atoms with E-state index in [9.17, 15) is 10.4 Å². The summed E-state index contributed by atoms with van der Waals surface area (Å²) in [5, 5.41) is 27.7. The maximum Gasteiger partial charge on any atom is 0.165 e. The van der Waals surface area contributed by atoms with E-state index in [0.29, 0.717) is 27.9 Å². The number of hydrogen-bond acceptors (Lipinski definition) is 6. The molecule has 1 aliphatic carbocycles. The highest BCUT2D eigenvalue weighted by atomic mass is 35.5. The predicted octanol–water partition coefficient (Wildman–Crippen LogP) is 4.23. The standard InChI is InChI=1S/C23H19ClN6O/c1-13-9-16(11-19(24)26-13)21-22(15-4-2-3-14(10-15)12-25)29-30-8-7-20(28-23(21)30)27-17-5-6-18(17)31/h2-4,7-11,17-18,31H,5-6H2,1H3,(H,27,28)/t17-,18+/m1/s1. The fraction of sp³-hybridized carbons (Fsp3) is 0.217. The number of aryl methyl sites for hydroxylation is 1. The number of nitriles is 1. The largest absolute Gasteiger partial charge is 0.391 e. The van der Waals surface area contributed by atoms with Crippen molar-refractivity contribution >= 4 is 23.1 Å². The topological polar surface area (TPSA) is 99.1 Å². The van der Waals surface area contributed by atoms with Gasteiger partial charge in [-0.3, -0.25) is 0 Å². The van der Waals surface area contributed by atoms with Gasteiger partial charge in [0.2, 0.25) is 0 Å². The number of halogens is 1. The van der Waals surface area contributed by atoms with Crippen molar-refractivity contribution in [1.29, 1.82) is 5.26 Å². The molecule has 0 saturated heterocycles. The summed E-state index contributed by atoms with van der Waals surface area (Å²) in [5.41, 5.74) is 5.15. The number of nitrogens with zero attached hydrogens (tertiary/aromatic N) is 5. The van der Waals surface area contributed by atoms with Crippen molar-refractivity contribution in [2.24, 2.45) is 0 Å². The summed E-state index contributed by atoms with van der Waals surface area (Å²) in [6, 6.07) is 15.1. The van der Waals surface area contributed by atoms with Crippen LogP contribution in [0, 0.1) is 18.3 Å². The minimum absolute atomic E-state index is 0.00529. The van der Waals surface area contributed by atoms with Gasteiger partial charge in [-0.05, 0) is 55.7 Å². The molecule has 0 amide bonds. The Bertz CT molecular complexity index is 1320. The molecule has 2 N–H and O–H groups in total. The Balaban J connectivity index is 1.72. The second-order valence-electron chi connectivity index (χ2n) is 7.71. The van der Waals surface area contributed by atoms with E-state index in [4.69, 9.17) is 21.7 Å². The molecule has 0 bridgehead atoms. The first kappa shape index (κ1) is 19.5. The monoisotopic (exact) mass is 430 g/mol. The Kier molecular flexibility index (Phi) is 4.81. The molecule has 3 aromatic heterocycles. The van der Waals surface area contributed by atoms with Crippen molar-refractivity contribution in [1.82, 2.24) is 19.6 Å². The van der Waals surface area contributed by atoms with Gasteiger partial charge in [-0.2, -0.15) is 10.4 Å². The van der Waals surface area contributed by atoms with Gasteiger partial charge in [-0.25, -0.2) is 14.5 Å². The molecule has 0 unspecified atom stereocenters. The zero-order chi connectivity index (χ0) is 21.5. The number of benzene rings is 1. The fourth-order valence-corrected chi connectivity index (χ4v) is 4.08. The molecule has 3 heterocycles. The second-order valence-corrected chi connectivity index (χ2v) is 8.10. The quantitative estimate of drug-likeness (QED) is 0.470. The van der Waals surface area contributed by atoms with Crippen LogP contribution in [0.2, 0.25) is 5.15 Å². The van der Waals surface area contributed by atoms with Gasteiger partial charge < -0.3 is 10.4 Å². The third-order valence-electron chi connectivity index (χ3n) is 5.53. The number of pyridine rings is 1. The first-order chi connectivity index (χ1) is 15.0. The molecule has 0 radical (unpaired) electrons. The number of rotatable bonds is 4. The van der Waals surface area contributed by atoms with E-state index in [0.717, 1.165) is 35.2 Å². The van der Waals surface area contributed by atoms with Crippen LogP contribution in [0.5, 0.6) is 0 Å². The van der Waals surface area contributed by atoms with Crippen LogP contribution in [0.1, 0.15) is 24.1 Å². The van der Waals surface area contributed by atoms with Gasteiger partial charge in [0, 0.05) is 17.5 Å². The molecule has 1 aliphatic rings. The van der Waals surface area contributed by atoms with Crippen LogP contribution in [0.15, 0.2) is 48.7 Å². The molecule has 8 heteroatoms. The molecule has 2 atom stereocenters. The molecule has 0 aliphatic heterocycles. The number of aliphatic hydroxyl groups excluding tert-OH is 1. The molecule has 154 valence electrons. The summed E-state index contributed by atoms with van der Waals surface area (Å²) in [6.45, 7) is 1.88. The van der Waals surface area contributed by atoms with Crippen molar-refractivity contribution in [2.75, 3.05) is 5.32 Å². The first-order valence-corrected chi connectivity index (χ1v) is 10.4. The average Bonchev–Trinajstić information content (AvgIpc) is 3.14. The lowest BCUT2D eigenvalue weighted by Gasteiger charge is -2.33. The van der Waals surface area contributed by atoms with E-state index in [2.05, 4.69) is 16.4 Å². The molecular formula is C23H19ClN6O. The third-order valence-corrected chi connectivity index (χ3v) is 5.73. The minimum Gasteiger partial charge on any atom is -0.391 e. The fourth-order valence-electron chi connectivity index (χ4n) is 3.83. The number of aliphatic hydroxyl groups is 1. The molecule has 1 aromatic carbocycles. The Labute approximate surface area is 184 Å². The van der Waals surface area contributed by atoms with Crippen LogP contribution in [-0.4, -0.2) is 36.8 Å². The SMILES string of the molecule is Cc1cc(-c2c(-c3cccc(C#N)c3)nn3ccc(N[C@@H]4CC[C@@H]4O)nc23)cc(Cl)n1. The normalized spacial score (nSPS) is 17.9. The van der Waals surface area contributed by atoms with Crippen LogP contribution >= 0.6 is 11.6 Å². The summed E-state index contributed by atoms with van der Waals surface area (Å²) in [5.74, 6) is 0.673. The average molecular weight is 431 g/mol. The molecule has 0 spiro atoms.